The SMILES string of the molecule is CCCOc1nc(NC)nc(OC2CCCCCC2)n1. The van der Waals surface area contributed by atoms with Crippen molar-refractivity contribution in [3.8, 4) is 12.0 Å². The van der Waals surface area contributed by atoms with Gasteiger partial charge in [-0.05, 0) is 32.1 Å². The molecule has 1 aliphatic rings. The highest BCUT2D eigenvalue weighted by molar-refractivity contribution is 5.26. The molecule has 0 aliphatic heterocycles. The molecule has 0 bridgehead atoms. The van der Waals surface area contributed by atoms with Crippen molar-refractivity contribution in [1.29, 1.82) is 0 Å². The molecule has 0 radical (unpaired) electrons. The molecule has 0 atom stereocenters. The maximum Gasteiger partial charge on any atom is 0.324 e. The third kappa shape index (κ3) is 4.51. The topological polar surface area (TPSA) is 69.2 Å². The van der Waals surface area contributed by atoms with Crippen LogP contribution >= 0.6 is 0 Å². The van der Waals surface area contributed by atoms with E-state index >= 15 is 0 Å². The Morgan fingerprint density at radius 2 is 1.75 bits per heavy atom. The van der Waals surface area contributed by atoms with Crippen molar-refractivity contribution in [3.63, 3.8) is 0 Å². The Hall–Kier alpha value is -1.59. The van der Waals surface area contributed by atoms with E-state index < -0.39 is 0 Å². The quantitative estimate of drug-likeness (QED) is 0.808. The molecule has 1 saturated carbocycles. The van der Waals surface area contributed by atoms with E-state index in [9.17, 15) is 0 Å². The first kappa shape index (κ1) is 14.8. The zero-order chi connectivity index (χ0) is 14.2. The van der Waals surface area contributed by atoms with Crippen LogP contribution in [0, 0.1) is 0 Å². The highest BCUT2D eigenvalue weighted by atomic mass is 16.5. The Morgan fingerprint density at radius 3 is 2.40 bits per heavy atom. The zero-order valence-electron chi connectivity index (χ0n) is 12.4. The first-order chi connectivity index (χ1) is 9.81. The molecule has 6 nitrogen and oxygen atoms in total. The maximum atomic E-state index is 5.92. The van der Waals surface area contributed by atoms with Gasteiger partial charge in [0.25, 0.3) is 0 Å². The van der Waals surface area contributed by atoms with Crippen molar-refractivity contribution in [1.82, 2.24) is 15.0 Å². The summed E-state index contributed by atoms with van der Waals surface area (Å²) in [6.07, 6.45) is 8.30. The number of ether oxygens (including phenoxy) is 2. The van der Waals surface area contributed by atoms with Crippen LogP contribution in [0.5, 0.6) is 12.0 Å². The van der Waals surface area contributed by atoms with E-state index in [1.165, 1.54) is 25.7 Å². The molecule has 1 aromatic rings. The van der Waals surface area contributed by atoms with Crippen molar-refractivity contribution < 1.29 is 9.47 Å². The molecule has 0 amide bonds. The third-order valence-corrected chi connectivity index (χ3v) is 3.33. The Morgan fingerprint density at radius 1 is 1.05 bits per heavy atom. The molecule has 20 heavy (non-hydrogen) atoms. The molecule has 0 aromatic carbocycles. The first-order valence-electron chi connectivity index (χ1n) is 7.55. The van der Waals surface area contributed by atoms with Crippen molar-refractivity contribution in [3.05, 3.63) is 0 Å². The van der Waals surface area contributed by atoms with E-state index in [1.54, 1.807) is 7.05 Å². The Balaban J connectivity index is 2.04. The summed E-state index contributed by atoms with van der Waals surface area (Å²) in [7, 11) is 1.77. The van der Waals surface area contributed by atoms with Gasteiger partial charge in [0, 0.05) is 7.05 Å². The number of hydrogen-bond donors (Lipinski definition) is 1. The summed E-state index contributed by atoms with van der Waals surface area (Å²) >= 11 is 0. The van der Waals surface area contributed by atoms with Gasteiger partial charge in [0.2, 0.25) is 5.95 Å². The second-order valence-electron chi connectivity index (χ2n) is 5.05. The average Bonchev–Trinajstić information content (AvgIpc) is 2.73. The predicted molar refractivity (Wildman–Crippen MR) is 77.3 cm³/mol. The molecule has 1 fully saturated rings. The molecule has 1 N–H and O–H groups in total. The van der Waals surface area contributed by atoms with Crippen LogP contribution in [0.15, 0.2) is 0 Å². The van der Waals surface area contributed by atoms with Crippen LogP contribution in [0.4, 0.5) is 5.95 Å². The van der Waals surface area contributed by atoms with Crippen LogP contribution in [0.2, 0.25) is 0 Å². The third-order valence-electron chi connectivity index (χ3n) is 3.33. The zero-order valence-corrected chi connectivity index (χ0v) is 12.4. The Labute approximate surface area is 120 Å². The van der Waals surface area contributed by atoms with E-state index in [1.807, 2.05) is 6.92 Å². The van der Waals surface area contributed by atoms with Crippen LogP contribution in [0.1, 0.15) is 51.9 Å². The molecule has 0 saturated heterocycles. The number of nitrogens with zero attached hydrogens (tertiary/aromatic N) is 3. The number of aromatic nitrogens is 3. The first-order valence-corrected chi connectivity index (χ1v) is 7.55. The fraction of sp³-hybridized carbons (Fsp3) is 0.786. The van der Waals surface area contributed by atoms with Gasteiger partial charge in [-0.3, -0.25) is 0 Å². The molecular formula is C14H24N4O2. The molecule has 1 aliphatic carbocycles. The smallest absolute Gasteiger partial charge is 0.324 e. The summed E-state index contributed by atoms with van der Waals surface area (Å²) in [5.74, 6) is 0.481. The second kappa shape index (κ2) is 7.87. The second-order valence-corrected chi connectivity index (χ2v) is 5.05. The summed E-state index contributed by atoms with van der Waals surface area (Å²) in [5, 5.41) is 2.91. The van der Waals surface area contributed by atoms with Crippen LogP contribution in [-0.4, -0.2) is 34.7 Å². The number of anilines is 1. The standard InChI is InChI=1S/C14H24N4O2/c1-3-10-19-13-16-12(15-2)17-14(18-13)20-11-8-6-4-5-7-9-11/h11H,3-10H2,1-2H3,(H,15,16,17,18). The van der Waals surface area contributed by atoms with E-state index in [4.69, 9.17) is 9.47 Å². The molecule has 1 heterocycles. The van der Waals surface area contributed by atoms with Crippen molar-refractivity contribution in [2.24, 2.45) is 0 Å². The predicted octanol–water partition coefficient (Wildman–Crippen LogP) is 2.80. The summed E-state index contributed by atoms with van der Waals surface area (Å²) in [5.41, 5.74) is 0. The monoisotopic (exact) mass is 280 g/mol. The van der Waals surface area contributed by atoms with Gasteiger partial charge in [0.05, 0.1) is 6.61 Å². The molecular weight excluding hydrogens is 256 g/mol. The number of hydrogen-bond acceptors (Lipinski definition) is 6. The fourth-order valence-electron chi connectivity index (χ4n) is 2.27. The van der Waals surface area contributed by atoms with Gasteiger partial charge in [-0.15, -0.1) is 4.98 Å². The average molecular weight is 280 g/mol. The highest BCUT2D eigenvalue weighted by Crippen LogP contribution is 2.22. The molecule has 2 rings (SSSR count). The summed E-state index contributed by atoms with van der Waals surface area (Å²) in [6.45, 7) is 2.64. The molecule has 112 valence electrons. The minimum absolute atomic E-state index is 0.212. The van der Waals surface area contributed by atoms with Crippen LogP contribution in [-0.2, 0) is 0 Å². The lowest BCUT2D eigenvalue weighted by molar-refractivity contribution is 0.164. The van der Waals surface area contributed by atoms with E-state index in [0.29, 0.717) is 24.6 Å². The lowest BCUT2D eigenvalue weighted by atomic mass is 10.2. The maximum absolute atomic E-state index is 5.92. The van der Waals surface area contributed by atoms with Crippen LogP contribution < -0.4 is 14.8 Å². The summed E-state index contributed by atoms with van der Waals surface area (Å²) in [6, 6.07) is 0.692. The van der Waals surface area contributed by atoms with Gasteiger partial charge in [0.15, 0.2) is 0 Å². The molecule has 1 aromatic heterocycles. The van der Waals surface area contributed by atoms with Gasteiger partial charge >= 0.3 is 12.0 Å². The van der Waals surface area contributed by atoms with Gasteiger partial charge in [-0.1, -0.05) is 19.8 Å². The minimum Gasteiger partial charge on any atom is -0.463 e. The summed E-state index contributed by atoms with van der Waals surface area (Å²) < 4.78 is 11.4. The van der Waals surface area contributed by atoms with Crippen molar-refractivity contribution >= 4 is 5.95 Å². The van der Waals surface area contributed by atoms with Crippen LogP contribution in [0.3, 0.4) is 0 Å². The fourth-order valence-corrected chi connectivity index (χ4v) is 2.27. The molecule has 6 heteroatoms. The van der Waals surface area contributed by atoms with Crippen molar-refractivity contribution in [2.45, 2.75) is 58.0 Å². The van der Waals surface area contributed by atoms with Crippen molar-refractivity contribution in [2.75, 3.05) is 19.0 Å². The number of rotatable bonds is 6. The number of nitrogens with one attached hydrogen (secondary N) is 1. The van der Waals surface area contributed by atoms with Gasteiger partial charge < -0.3 is 14.8 Å². The lowest BCUT2D eigenvalue weighted by Crippen LogP contribution is -2.17. The molecule has 0 spiro atoms. The van der Waals surface area contributed by atoms with Crippen LogP contribution in [0.25, 0.3) is 0 Å². The Kier molecular flexibility index (Phi) is 5.83. The lowest BCUT2D eigenvalue weighted by Gasteiger charge is -2.16. The highest BCUT2D eigenvalue weighted by Gasteiger charge is 2.16. The van der Waals surface area contributed by atoms with Gasteiger partial charge in [-0.2, -0.15) is 9.97 Å². The normalized spacial score (nSPS) is 16.5. The largest absolute Gasteiger partial charge is 0.463 e. The Bertz CT molecular complexity index is 406. The van der Waals surface area contributed by atoms with Gasteiger partial charge in [-0.25, -0.2) is 0 Å². The van der Waals surface area contributed by atoms with E-state index in [2.05, 4.69) is 20.3 Å². The van der Waals surface area contributed by atoms with Gasteiger partial charge in [0.1, 0.15) is 6.10 Å². The van der Waals surface area contributed by atoms with E-state index in [-0.39, 0.29) is 6.10 Å². The van der Waals surface area contributed by atoms with E-state index in [0.717, 1.165) is 19.3 Å². The summed E-state index contributed by atoms with van der Waals surface area (Å²) in [4.78, 5) is 12.7. The minimum atomic E-state index is 0.212. The molecule has 0 unspecified atom stereocenters.